The molecule has 32 heavy (non-hydrogen) atoms. The number of rotatable bonds is 7. The van der Waals surface area contributed by atoms with Crippen LogP contribution in [0.5, 0.6) is 0 Å². The highest BCUT2D eigenvalue weighted by Crippen LogP contribution is 2.15. The fourth-order valence-electron chi connectivity index (χ4n) is 4.27. The molecule has 0 unspecified atom stereocenters. The number of ether oxygens (including phenoxy) is 1. The highest BCUT2D eigenvalue weighted by molar-refractivity contribution is 14.0. The molecular weight excluding hydrogens is 515 g/mol. The minimum atomic E-state index is 0. The summed E-state index contributed by atoms with van der Waals surface area (Å²) in [5, 5.41) is 6.95. The van der Waals surface area contributed by atoms with E-state index in [0.29, 0.717) is 0 Å². The Morgan fingerprint density at radius 2 is 1.66 bits per heavy atom. The summed E-state index contributed by atoms with van der Waals surface area (Å²) in [7, 11) is 4.05. The average molecular weight is 559 g/mol. The summed E-state index contributed by atoms with van der Waals surface area (Å²) in [6, 6.07) is 9.00. The molecule has 7 nitrogen and oxygen atoms in total. The molecule has 2 fully saturated rings. The predicted molar refractivity (Wildman–Crippen MR) is 144 cm³/mol. The van der Waals surface area contributed by atoms with Crippen LogP contribution in [0.4, 0.5) is 0 Å². The number of benzene rings is 1. The Kier molecular flexibility index (Phi) is 11.7. The fraction of sp³-hybridized carbons (Fsp3) is 0.708. The molecule has 0 aromatic heterocycles. The topological polar surface area (TPSA) is 55.4 Å². The molecule has 0 atom stereocenters. The second-order valence-corrected chi connectivity index (χ2v) is 9.44. The lowest BCUT2D eigenvalue weighted by Crippen LogP contribution is -2.56. The molecule has 8 heteroatoms. The van der Waals surface area contributed by atoms with E-state index in [1.807, 2.05) is 7.05 Å². The lowest BCUT2D eigenvalue weighted by atomic mass is 10.0. The summed E-state index contributed by atoms with van der Waals surface area (Å²) in [6.45, 7) is 15.5. The second-order valence-electron chi connectivity index (χ2n) is 9.44. The minimum absolute atomic E-state index is 0. The first-order valence-electron chi connectivity index (χ1n) is 11.7. The van der Waals surface area contributed by atoms with Crippen molar-refractivity contribution in [1.82, 2.24) is 25.3 Å². The third-order valence-corrected chi connectivity index (χ3v) is 6.48. The van der Waals surface area contributed by atoms with Gasteiger partial charge in [0.2, 0.25) is 0 Å². The van der Waals surface area contributed by atoms with Gasteiger partial charge in [-0.05, 0) is 51.5 Å². The van der Waals surface area contributed by atoms with Crippen LogP contribution >= 0.6 is 24.0 Å². The largest absolute Gasteiger partial charge is 0.379 e. The summed E-state index contributed by atoms with van der Waals surface area (Å²) < 4.78 is 5.49. The molecule has 0 amide bonds. The van der Waals surface area contributed by atoms with Crippen LogP contribution in [-0.2, 0) is 17.8 Å². The number of aliphatic imine (C=N–C) groups is 1. The number of likely N-dealkylation sites (N-methyl/N-ethyl adjacent to an activating group) is 1. The summed E-state index contributed by atoms with van der Waals surface area (Å²) in [5.74, 6) is 0.846. The zero-order valence-electron chi connectivity index (χ0n) is 20.4. The minimum Gasteiger partial charge on any atom is -0.379 e. The van der Waals surface area contributed by atoms with Crippen molar-refractivity contribution in [2.24, 2.45) is 4.99 Å². The monoisotopic (exact) mass is 558 g/mol. The van der Waals surface area contributed by atoms with Crippen LogP contribution in [0.1, 0.15) is 31.4 Å². The van der Waals surface area contributed by atoms with Gasteiger partial charge in [-0.1, -0.05) is 24.3 Å². The Labute approximate surface area is 212 Å². The van der Waals surface area contributed by atoms with Crippen molar-refractivity contribution >= 4 is 29.9 Å². The lowest BCUT2D eigenvalue weighted by molar-refractivity contribution is -0.00834. The number of nitrogens with one attached hydrogen (secondary N) is 2. The zero-order valence-corrected chi connectivity index (χ0v) is 22.7. The molecule has 3 rings (SSSR count). The van der Waals surface area contributed by atoms with Crippen LogP contribution in [0.25, 0.3) is 0 Å². The van der Waals surface area contributed by atoms with Gasteiger partial charge in [-0.15, -0.1) is 24.0 Å². The molecule has 0 radical (unpaired) electrons. The maximum atomic E-state index is 5.49. The Morgan fingerprint density at radius 3 is 2.34 bits per heavy atom. The number of hydrogen-bond donors (Lipinski definition) is 2. The number of halogens is 1. The fourth-order valence-corrected chi connectivity index (χ4v) is 4.27. The molecule has 2 N–H and O–H groups in total. The van der Waals surface area contributed by atoms with Crippen LogP contribution in [0.15, 0.2) is 29.3 Å². The number of guanidine groups is 1. The quantitative estimate of drug-likeness (QED) is 0.304. The maximum Gasteiger partial charge on any atom is 0.191 e. The van der Waals surface area contributed by atoms with Crippen LogP contribution in [-0.4, -0.2) is 99.3 Å². The Hall–Kier alpha value is -0.940. The number of hydrogen-bond acceptors (Lipinski definition) is 5. The zero-order chi connectivity index (χ0) is 22.1. The molecule has 2 aliphatic rings. The average Bonchev–Trinajstić information content (AvgIpc) is 2.99. The summed E-state index contributed by atoms with van der Waals surface area (Å²) in [5.41, 5.74) is 2.73. The third-order valence-electron chi connectivity index (χ3n) is 6.48. The first-order chi connectivity index (χ1) is 15.0. The van der Waals surface area contributed by atoms with Crippen molar-refractivity contribution in [3.63, 3.8) is 0 Å². The van der Waals surface area contributed by atoms with Crippen LogP contribution in [0, 0.1) is 0 Å². The summed E-state index contributed by atoms with van der Waals surface area (Å²) >= 11 is 0. The third kappa shape index (κ3) is 8.78. The molecular formula is C24H43IN6O. The molecule has 0 aliphatic carbocycles. The number of nitrogens with zero attached hydrogens (tertiary/aromatic N) is 4. The van der Waals surface area contributed by atoms with Gasteiger partial charge in [0.25, 0.3) is 0 Å². The van der Waals surface area contributed by atoms with Gasteiger partial charge >= 0.3 is 0 Å². The molecule has 2 heterocycles. The summed E-state index contributed by atoms with van der Waals surface area (Å²) in [6.07, 6.45) is 1.26. The van der Waals surface area contributed by atoms with E-state index in [2.05, 4.69) is 75.5 Å². The first-order valence-corrected chi connectivity index (χ1v) is 11.7. The predicted octanol–water partition coefficient (Wildman–Crippen LogP) is 2.22. The van der Waals surface area contributed by atoms with E-state index in [1.165, 1.54) is 30.6 Å². The van der Waals surface area contributed by atoms with E-state index in [9.17, 15) is 0 Å². The van der Waals surface area contributed by atoms with Crippen molar-refractivity contribution in [2.75, 3.05) is 73.1 Å². The van der Waals surface area contributed by atoms with Crippen LogP contribution in [0.3, 0.4) is 0 Å². The molecule has 0 bridgehead atoms. The summed E-state index contributed by atoms with van der Waals surface area (Å²) in [4.78, 5) is 11.9. The number of morpholine rings is 1. The molecule has 2 aliphatic heterocycles. The van der Waals surface area contributed by atoms with Gasteiger partial charge in [-0.25, -0.2) is 0 Å². The van der Waals surface area contributed by atoms with Gasteiger partial charge in [0.15, 0.2) is 5.96 Å². The standard InChI is InChI=1S/C24H42N6O.HI/c1-24(2,30-14-16-31-17-15-30)20-27-23(25-3)26-18-21-6-8-22(9-7-21)19-29-11-5-10-28(4)12-13-29;/h6-9H,5,10-20H2,1-4H3,(H2,25,26,27);1H. The smallest absolute Gasteiger partial charge is 0.191 e. The van der Waals surface area contributed by atoms with E-state index in [1.54, 1.807) is 0 Å². The molecule has 1 aromatic carbocycles. The Morgan fingerprint density at radius 1 is 0.969 bits per heavy atom. The van der Waals surface area contributed by atoms with Gasteiger partial charge in [0.05, 0.1) is 13.2 Å². The van der Waals surface area contributed by atoms with Crippen molar-refractivity contribution in [1.29, 1.82) is 0 Å². The first kappa shape index (κ1) is 27.3. The maximum absolute atomic E-state index is 5.49. The highest BCUT2D eigenvalue weighted by atomic mass is 127. The highest BCUT2D eigenvalue weighted by Gasteiger charge is 2.28. The molecule has 2 saturated heterocycles. The second kappa shape index (κ2) is 13.7. The Bertz CT molecular complexity index is 690. The van der Waals surface area contributed by atoms with E-state index in [0.717, 1.165) is 65.0 Å². The van der Waals surface area contributed by atoms with Gasteiger partial charge < -0.3 is 20.3 Å². The van der Waals surface area contributed by atoms with Crippen LogP contribution in [0.2, 0.25) is 0 Å². The lowest BCUT2D eigenvalue weighted by Gasteiger charge is -2.41. The van der Waals surface area contributed by atoms with E-state index < -0.39 is 0 Å². The molecule has 1 aromatic rings. The molecule has 0 spiro atoms. The SMILES string of the molecule is CN=C(NCc1ccc(CN2CCCN(C)CC2)cc1)NCC(C)(C)N1CCOCC1.I. The van der Waals surface area contributed by atoms with Crippen molar-refractivity contribution in [3.8, 4) is 0 Å². The van der Waals surface area contributed by atoms with Gasteiger partial charge in [0, 0.05) is 58.4 Å². The van der Waals surface area contributed by atoms with Gasteiger partial charge in [-0.3, -0.25) is 14.8 Å². The van der Waals surface area contributed by atoms with Crippen molar-refractivity contribution in [3.05, 3.63) is 35.4 Å². The van der Waals surface area contributed by atoms with E-state index in [4.69, 9.17) is 4.74 Å². The van der Waals surface area contributed by atoms with E-state index >= 15 is 0 Å². The van der Waals surface area contributed by atoms with E-state index in [-0.39, 0.29) is 29.5 Å². The van der Waals surface area contributed by atoms with Crippen molar-refractivity contribution in [2.45, 2.75) is 38.9 Å². The Balaban J connectivity index is 0.00000363. The normalized spacial score (nSPS) is 19.8. The van der Waals surface area contributed by atoms with Gasteiger partial charge in [-0.2, -0.15) is 0 Å². The molecule has 182 valence electrons. The molecule has 0 saturated carbocycles. The van der Waals surface area contributed by atoms with Gasteiger partial charge in [0.1, 0.15) is 0 Å². The van der Waals surface area contributed by atoms with Crippen molar-refractivity contribution < 1.29 is 4.74 Å². The van der Waals surface area contributed by atoms with Crippen LogP contribution < -0.4 is 10.6 Å².